The summed E-state index contributed by atoms with van der Waals surface area (Å²) in [7, 11) is 0. The summed E-state index contributed by atoms with van der Waals surface area (Å²) in [6.07, 6.45) is 1.66. The summed E-state index contributed by atoms with van der Waals surface area (Å²) in [4.78, 5) is 12.0. The van der Waals surface area contributed by atoms with Crippen LogP contribution in [-0.2, 0) is 5.75 Å². The Bertz CT molecular complexity index is 612. The van der Waals surface area contributed by atoms with Crippen LogP contribution in [0.25, 0.3) is 0 Å². The largest absolute Gasteiger partial charge is 0.468 e. The molecule has 1 aromatic carbocycles. The van der Waals surface area contributed by atoms with Crippen molar-refractivity contribution in [3.63, 3.8) is 0 Å². The Balaban J connectivity index is 1.42. The molecule has 1 aliphatic rings. The fourth-order valence-electron chi connectivity index (χ4n) is 1.94. The molecule has 2 heterocycles. The van der Waals surface area contributed by atoms with Gasteiger partial charge in [-0.05, 0) is 30.3 Å². The fraction of sp³-hybridized carbons (Fsp3) is 0.267. The zero-order valence-electron chi connectivity index (χ0n) is 11.3. The molecule has 2 aromatic rings. The Morgan fingerprint density at radius 1 is 1.24 bits per heavy atom. The second-order valence-electron chi connectivity index (χ2n) is 4.46. The normalized spacial score (nSPS) is 12.4. The Morgan fingerprint density at radius 3 is 3.00 bits per heavy atom. The first kappa shape index (κ1) is 13.9. The number of hydrogen-bond acceptors (Lipinski definition) is 5. The minimum atomic E-state index is -0.105. The van der Waals surface area contributed by atoms with Crippen molar-refractivity contribution in [3.8, 4) is 11.5 Å². The van der Waals surface area contributed by atoms with E-state index in [9.17, 15) is 4.79 Å². The number of nitrogens with one attached hydrogen (secondary N) is 1. The fourth-order valence-corrected chi connectivity index (χ4v) is 2.70. The lowest BCUT2D eigenvalue weighted by molar-refractivity contribution is 0.0955. The van der Waals surface area contributed by atoms with Crippen LogP contribution >= 0.6 is 11.8 Å². The zero-order valence-corrected chi connectivity index (χ0v) is 12.2. The van der Waals surface area contributed by atoms with E-state index in [2.05, 4.69) is 5.32 Å². The van der Waals surface area contributed by atoms with Crippen molar-refractivity contribution < 1.29 is 18.7 Å². The molecule has 0 bridgehead atoms. The molecule has 0 unspecified atom stereocenters. The number of ether oxygens (including phenoxy) is 2. The van der Waals surface area contributed by atoms with Crippen LogP contribution in [-0.4, -0.2) is 25.0 Å². The lowest BCUT2D eigenvalue weighted by Crippen LogP contribution is -2.25. The number of rotatable bonds is 6. The molecule has 1 aliphatic heterocycles. The first-order chi connectivity index (χ1) is 10.3. The van der Waals surface area contributed by atoms with E-state index < -0.39 is 0 Å². The molecule has 110 valence electrons. The van der Waals surface area contributed by atoms with E-state index in [1.165, 1.54) is 0 Å². The molecule has 6 heteroatoms. The first-order valence-corrected chi connectivity index (χ1v) is 7.76. The van der Waals surface area contributed by atoms with E-state index in [-0.39, 0.29) is 12.7 Å². The highest BCUT2D eigenvalue weighted by molar-refractivity contribution is 7.98. The molecule has 21 heavy (non-hydrogen) atoms. The van der Waals surface area contributed by atoms with Crippen LogP contribution in [0, 0.1) is 0 Å². The van der Waals surface area contributed by atoms with Gasteiger partial charge >= 0.3 is 0 Å². The van der Waals surface area contributed by atoms with Crippen LogP contribution in [0.1, 0.15) is 16.1 Å². The molecule has 5 nitrogen and oxygen atoms in total. The molecule has 1 amide bonds. The van der Waals surface area contributed by atoms with Crippen LogP contribution in [0.15, 0.2) is 41.0 Å². The van der Waals surface area contributed by atoms with E-state index in [0.717, 1.165) is 17.3 Å². The van der Waals surface area contributed by atoms with Crippen LogP contribution in [0.2, 0.25) is 0 Å². The molecule has 0 fully saturated rings. The predicted octanol–water partition coefficient (Wildman–Crippen LogP) is 2.67. The summed E-state index contributed by atoms with van der Waals surface area (Å²) in [6.45, 7) is 0.822. The third-order valence-electron chi connectivity index (χ3n) is 2.99. The van der Waals surface area contributed by atoms with Crippen molar-refractivity contribution in [1.29, 1.82) is 0 Å². The van der Waals surface area contributed by atoms with Gasteiger partial charge in [-0.25, -0.2) is 0 Å². The number of benzene rings is 1. The van der Waals surface area contributed by atoms with E-state index in [1.54, 1.807) is 36.2 Å². The van der Waals surface area contributed by atoms with Gasteiger partial charge in [0.2, 0.25) is 6.79 Å². The second kappa shape index (κ2) is 6.58. The number of thioether (sulfide) groups is 1. The van der Waals surface area contributed by atoms with Gasteiger partial charge in [-0.15, -0.1) is 0 Å². The first-order valence-electron chi connectivity index (χ1n) is 6.61. The molecule has 0 saturated carbocycles. The Hall–Kier alpha value is -2.08. The lowest BCUT2D eigenvalue weighted by atomic mass is 10.2. The summed E-state index contributed by atoms with van der Waals surface area (Å²) >= 11 is 1.72. The van der Waals surface area contributed by atoms with Gasteiger partial charge in [0.25, 0.3) is 5.91 Å². The third-order valence-corrected chi connectivity index (χ3v) is 3.97. The Kier molecular flexibility index (Phi) is 4.35. The third kappa shape index (κ3) is 3.52. The Morgan fingerprint density at radius 2 is 2.14 bits per heavy atom. The van der Waals surface area contributed by atoms with E-state index in [0.29, 0.717) is 23.6 Å². The van der Waals surface area contributed by atoms with Crippen LogP contribution in [0.4, 0.5) is 0 Å². The van der Waals surface area contributed by atoms with Gasteiger partial charge in [-0.2, -0.15) is 11.8 Å². The summed E-state index contributed by atoms with van der Waals surface area (Å²) in [6, 6.07) is 9.00. The quantitative estimate of drug-likeness (QED) is 0.831. The van der Waals surface area contributed by atoms with Crippen LogP contribution in [0.5, 0.6) is 11.5 Å². The number of amides is 1. The van der Waals surface area contributed by atoms with Gasteiger partial charge < -0.3 is 19.2 Å². The lowest BCUT2D eigenvalue weighted by Gasteiger charge is -2.05. The number of hydrogen-bond donors (Lipinski definition) is 1. The Labute approximate surface area is 126 Å². The average molecular weight is 305 g/mol. The maximum Gasteiger partial charge on any atom is 0.251 e. The van der Waals surface area contributed by atoms with Crippen LogP contribution in [0.3, 0.4) is 0 Å². The highest BCUT2D eigenvalue weighted by Crippen LogP contribution is 2.32. The van der Waals surface area contributed by atoms with E-state index in [1.807, 2.05) is 12.1 Å². The zero-order chi connectivity index (χ0) is 14.5. The molecule has 0 radical (unpaired) electrons. The molecule has 0 atom stereocenters. The average Bonchev–Trinajstić information content (AvgIpc) is 3.17. The monoisotopic (exact) mass is 305 g/mol. The van der Waals surface area contributed by atoms with Crippen molar-refractivity contribution in [2.75, 3.05) is 19.1 Å². The van der Waals surface area contributed by atoms with Crippen LogP contribution < -0.4 is 14.8 Å². The molecule has 0 spiro atoms. The summed E-state index contributed by atoms with van der Waals surface area (Å²) in [5.74, 6) is 3.79. The SMILES string of the molecule is O=C(NCCSCc1ccco1)c1ccc2c(c1)OCO2. The molecule has 1 N–H and O–H groups in total. The minimum Gasteiger partial charge on any atom is -0.468 e. The topological polar surface area (TPSA) is 60.7 Å². The minimum absolute atomic E-state index is 0.105. The number of furan rings is 1. The van der Waals surface area contributed by atoms with Gasteiger partial charge in [0.15, 0.2) is 11.5 Å². The highest BCUT2D eigenvalue weighted by Gasteiger charge is 2.15. The maximum absolute atomic E-state index is 12.0. The highest BCUT2D eigenvalue weighted by atomic mass is 32.2. The van der Waals surface area contributed by atoms with Crippen molar-refractivity contribution in [3.05, 3.63) is 47.9 Å². The van der Waals surface area contributed by atoms with Crippen molar-refractivity contribution in [2.24, 2.45) is 0 Å². The summed E-state index contributed by atoms with van der Waals surface area (Å²) in [5.41, 5.74) is 0.579. The van der Waals surface area contributed by atoms with Gasteiger partial charge in [0, 0.05) is 17.9 Å². The molecule has 3 rings (SSSR count). The van der Waals surface area contributed by atoms with Gasteiger partial charge in [-0.3, -0.25) is 4.79 Å². The van der Waals surface area contributed by atoms with Crippen molar-refractivity contribution in [1.82, 2.24) is 5.32 Å². The smallest absolute Gasteiger partial charge is 0.251 e. The molecular formula is C15H15NO4S. The van der Waals surface area contributed by atoms with Crippen molar-refractivity contribution >= 4 is 17.7 Å². The van der Waals surface area contributed by atoms with Gasteiger partial charge in [-0.1, -0.05) is 0 Å². The van der Waals surface area contributed by atoms with E-state index >= 15 is 0 Å². The predicted molar refractivity (Wildman–Crippen MR) is 79.8 cm³/mol. The standard InChI is InChI=1S/C15H15NO4S/c17-15(11-3-4-13-14(8-11)20-10-19-13)16-5-7-21-9-12-2-1-6-18-12/h1-4,6,8H,5,7,9-10H2,(H,16,17). The summed E-state index contributed by atoms with van der Waals surface area (Å²) < 4.78 is 15.7. The van der Waals surface area contributed by atoms with Gasteiger partial charge in [0.05, 0.1) is 12.0 Å². The maximum atomic E-state index is 12.0. The molecule has 0 saturated heterocycles. The summed E-state index contributed by atoms with van der Waals surface area (Å²) in [5, 5.41) is 2.88. The van der Waals surface area contributed by atoms with Crippen molar-refractivity contribution in [2.45, 2.75) is 5.75 Å². The molecular weight excluding hydrogens is 290 g/mol. The molecule has 1 aromatic heterocycles. The molecule has 0 aliphatic carbocycles. The second-order valence-corrected chi connectivity index (χ2v) is 5.56. The number of carbonyl (C=O) groups excluding carboxylic acids is 1. The number of fused-ring (bicyclic) bond motifs is 1. The van der Waals surface area contributed by atoms with E-state index in [4.69, 9.17) is 13.9 Å². The number of carbonyl (C=O) groups is 1. The van der Waals surface area contributed by atoms with Gasteiger partial charge in [0.1, 0.15) is 5.76 Å².